The summed E-state index contributed by atoms with van der Waals surface area (Å²) < 4.78 is 18.6. The van der Waals surface area contributed by atoms with Crippen molar-refractivity contribution in [2.75, 3.05) is 23.8 Å². The average molecular weight is 364 g/mol. The first-order valence-corrected chi connectivity index (χ1v) is 8.75. The van der Waals surface area contributed by atoms with Crippen molar-refractivity contribution in [2.45, 2.75) is 6.42 Å². The molecule has 0 atom stereocenters. The van der Waals surface area contributed by atoms with Crippen LogP contribution in [0.25, 0.3) is 0 Å². The van der Waals surface area contributed by atoms with Crippen LogP contribution >= 0.6 is 0 Å². The normalized spacial score (nSPS) is 10.3. The lowest BCUT2D eigenvalue weighted by Crippen LogP contribution is -2.21. The van der Waals surface area contributed by atoms with Crippen molar-refractivity contribution < 1.29 is 13.9 Å². The Balaban J connectivity index is 1.41. The van der Waals surface area contributed by atoms with Gasteiger partial charge in [-0.25, -0.2) is 4.39 Å². The molecule has 2 N–H and O–H groups in total. The molecule has 4 nitrogen and oxygen atoms in total. The zero-order valence-electron chi connectivity index (χ0n) is 14.8. The number of carbonyl (C=O) groups is 1. The fraction of sp³-hybridized carbons (Fsp3) is 0.136. The highest BCUT2D eigenvalue weighted by Crippen LogP contribution is 2.16. The molecule has 0 aliphatic rings. The highest BCUT2D eigenvalue weighted by atomic mass is 19.1. The van der Waals surface area contributed by atoms with Crippen LogP contribution in [-0.2, 0) is 11.2 Å². The van der Waals surface area contributed by atoms with Gasteiger partial charge in [-0.05, 0) is 54.1 Å². The topological polar surface area (TPSA) is 50.4 Å². The molecule has 5 heteroatoms. The van der Waals surface area contributed by atoms with Gasteiger partial charge in [-0.15, -0.1) is 0 Å². The highest BCUT2D eigenvalue weighted by Gasteiger charge is 2.03. The van der Waals surface area contributed by atoms with Gasteiger partial charge < -0.3 is 15.4 Å². The Kier molecular flexibility index (Phi) is 6.41. The molecular formula is C22H21FN2O2. The molecule has 0 aromatic heterocycles. The standard InChI is InChI=1S/C22H21FN2O2/c23-18-6-8-19(9-7-18)24-16-22(26)25-20-10-12-21(13-11-20)27-15-14-17-4-2-1-3-5-17/h1-13,24H,14-16H2,(H,25,26). The van der Waals surface area contributed by atoms with Crippen molar-refractivity contribution in [1.29, 1.82) is 0 Å². The monoisotopic (exact) mass is 364 g/mol. The van der Waals surface area contributed by atoms with E-state index in [1.165, 1.54) is 17.7 Å². The van der Waals surface area contributed by atoms with Crippen LogP contribution in [0.4, 0.5) is 15.8 Å². The van der Waals surface area contributed by atoms with E-state index in [1.807, 2.05) is 30.3 Å². The lowest BCUT2D eigenvalue weighted by atomic mass is 10.2. The Morgan fingerprint density at radius 3 is 2.22 bits per heavy atom. The van der Waals surface area contributed by atoms with Gasteiger partial charge in [-0.1, -0.05) is 30.3 Å². The van der Waals surface area contributed by atoms with Crippen molar-refractivity contribution >= 4 is 17.3 Å². The van der Waals surface area contributed by atoms with Gasteiger partial charge in [-0.3, -0.25) is 4.79 Å². The number of hydrogen-bond acceptors (Lipinski definition) is 3. The SMILES string of the molecule is O=C(CNc1ccc(F)cc1)Nc1ccc(OCCc2ccccc2)cc1. The number of nitrogens with one attached hydrogen (secondary N) is 2. The van der Waals surface area contributed by atoms with Gasteiger partial charge in [0.05, 0.1) is 13.2 Å². The molecule has 0 aliphatic carbocycles. The lowest BCUT2D eigenvalue weighted by molar-refractivity contribution is -0.114. The summed E-state index contributed by atoms with van der Waals surface area (Å²) in [5.74, 6) is 0.265. The minimum atomic E-state index is -0.309. The number of rotatable bonds is 8. The molecule has 0 bridgehead atoms. The number of carbonyl (C=O) groups excluding carboxylic acids is 1. The number of ether oxygens (including phenoxy) is 1. The molecule has 3 aromatic rings. The Bertz CT molecular complexity index is 850. The molecule has 3 rings (SSSR count). The molecule has 0 saturated heterocycles. The van der Waals surface area contributed by atoms with Gasteiger partial charge >= 0.3 is 0 Å². The molecule has 0 unspecified atom stereocenters. The van der Waals surface area contributed by atoms with Gasteiger partial charge in [-0.2, -0.15) is 0 Å². The summed E-state index contributed by atoms with van der Waals surface area (Å²) in [6.45, 7) is 0.693. The van der Waals surface area contributed by atoms with Crippen molar-refractivity contribution in [2.24, 2.45) is 0 Å². The average Bonchev–Trinajstić information content (AvgIpc) is 2.70. The van der Waals surface area contributed by atoms with Crippen LogP contribution in [0.2, 0.25) is 0 Å². The number of hydrogen-bond donors (Lipinski definition) is 2. The van der Waals surface area contributed by atoms with Crippen LogP contribution in [-0.4, -0.2) is 19.1 Å². The van der Waals surface area contributed by atoms with Crippen LogP contribution in [0.5, 0.6) is 5.75 Å². The summed E-state index contributed by atoms with van der Waals surface area (Å²) in [4.78, 5) is 12.0. The van der Waals surface area contributed by atoms with Crippen LogP contribution in [0.3, 0.4) is 0 Å². The third-order valence-corrected chi connectivity index (χ3v) is 3.94. The van der Waals surface area contributed by atoms with Gasteiger partial charge in [0.1, 0.15) is 11.6 Å². The summed E-state index contributed by atoms with van der Waals surface area (Å²) in [5, 5.41) is 5.74. The lowest BCUT2D eigenvalue weighted by Gasteiger charge is -2.09. The number of halogens is 1. The quantitative estimate of drug-likeness (QED) is 0.619. The Labute approximate surface area is 158 Å². The second-order valence-electron chi connectivity index (χ2n) is 6.02. The molecule has 138 valence electrons. The maximum atomic E-state index is 12.9. The zero-order chi connectivity index (χ0) is 18.9. The van der Waals surface area contributed by atoms with E-state index in [1.54, 1.807) is 24.3 Å². The molecule has 0 spiro atoms. The van der Waals surface area contributed by atoms with E-state index in [2.05, 4.69) is 22.8 Å². The molecule has 0 radical (unpaired) electrons. The largest absolute Gasteiger partial charge is 0.493 e. The molecule has 0 saturated carbocycles. The maximum absolute atomic E-state index is 12.9. The molecular weight excluding hydrogens is 343 g/mol. The summed E-state index contributed by atoms with van der Waals surface area (Å²) >= 11 is 0. The second kappa shape index (κ2) is 9.38. The van der Waals surface area contributed by atoms with Gasteiger partial charge in [0, 0.05) is 17.8 Å². The first-order valence-electron chi connectivity index (χ1n) is 8.75. The van der Waals surface area contributed by atoms with Gasteiger partial charge in [0.15, 0.2) is 0 Å². The zero-order valence-corrected chi connectivity index (χ0v) is 14.8. The van der Waals surface area contributed by atoms with Crippen molar-refractivity contribution in [1.82, 2.24) is 0 Å². The first-order chi connectivity index (χ1) is 13.2. The Morgan fingerprint density at radius 1 is 0.852 bits per heavy atom. The van der Waals surface area contributed by atoms with Crippen LogP contribution < -0.4 is 15.4 Å². The number of benzene rings is 3. The van der Waals surface area contributed by atoms with Crippen molar-refractivity contribution in [3.63, 3.8) is 0 Å². The second-order valence-corrected chi connectivity index (χ2v) is 6.02. The van der Waals surface area contributed by atoms with Gasteiger partial charge in [0.2, 0.25) is 5.91 Å². The molecule has 0 fully saturated rings. The predicted molar refractivity (Wildman–Crippen MR) is 106 cm³/mol. The highest BCUT2D eigenvalue weighted by molar-refractivity contribution is 5.93. The van der Waals surface area contributed by atoms with Crippen LogP contribution in [0.15, 0.2) is 78.9 Å². The van der Waals surface area contributed by atoms with E-state index >= 15 is 0 Å². The van der Waals surface area contributed by atoms with E-state index in [9.17, 15) is 9.18 Å². The predicted octanol–water partition coefficient (Wildman–Crippen LogP) is 4.50. The summed E-state index contributed by atoms with van der Waals surface area (Å²) in [7, 11) is 0. The minimum absolute atomic E-state index is 0.0982. The first kappa shape index (κ1) is 18.5. The third-order valence-electron chi connectivity index (χ3n) is 3.94. The van der Waals surface area contributed by atoms with Crippen LogP contribution in [0, 0.1) is 5.82 Å². The maximum Gasteiger partial charge on any atom is 0.243 e. The smallest absolute Gasteiger partial charge is 0.243 e. The molecule has 27 heavy (non-hydrogen) atoms. The number of anilines is 2. The fourth-order valence-corrected chi connectivity index (χ4v) is 2.52. The fourth-order valence-electron chi connectivity index (χ4n) is 2.52. The summed E-state index contributed by atoms with van der Waals surface area (Å²) in [6, 6.07) is 23.3. The molecule has 0 aliphatic heterocycles. The Hall–Kier alpha value is -3.34. The summed E-state index contributed by atoms with van der Waals surface area (Å²) in [6.07, 6.45) is 0.842. The minimum Gasteiger partial charge on any atom is -0.493 e. The van der Waals surface area contributed by atoms with Gasteiger partial charge in [0.25, 0.3) is 0 Å². The van der Waals surface area contributed by atoms with Crippen LogP contribution in [0.1, 0.15) is 5.56 Å². The number of amides is 1. The van der Waals surface area contributed by atoms with E-state index in [0.717, 1.165) is 12.2 Å². The van der Waals surface area contributed by atoms with Crippen molar-refractivity contribution in [3.05, 3.63) is 90.2 Å². The third kappa shape index (κ3) is 6.15. The van der Waals surface area contributed by atoms with E-state index in [-0.39, 0.29) is 18.3 Å². The van der Waals surface area contributed by atoms with Crippen molar-refractivity contribution in [3.8, 4) is 5.75 Å². The van der Waals surface area contributed by atoms with E-state index in [4.69, 9.17) is 4.74 Å². The molecule has 1 amide bonds. The molecule has 0 heterocycles. The van der Waals surface area contributed by atoms with E-state index < -0.39 is 0 Å². The van der Waals surface area contributed by atoms with E-state index in [0.29, 0.717) is 18.0 Å². The molecule has 3 aromatic carbocycles. The summed E-state index contributed by atoms with van der Waals surface area (Å²) in [5.41, 5.74) is 2.61. The Morgan fingerprint density at radius 2 is 1.52 bits per heavy atom.